The van der Waals surface area contributed by atoms with Crippen molar-refractivity contribution in [3.63, 3.8) is 0 Å². The summed E-state index contributed by atoms with van der Waals surface area (Å²) in [4.78, 5) is 17.2. The first-order valence-corrected chi connectivity index (χ1v) is 9.25. The van der Waals surface area contributed by atoms with Crippen LogP contribution in [0.15, 0.2) is 15.3 Å². The molecule has 7 heteroatoms. The summed E-state index contributed by atoms with van der Waals surface area (Å²) >= 11 is 1.53. The average Bonchev–Trinajstić information content (AvgIpc) is 3.22. The van der Waals surface area contributed by atoms with Gasteiger partial charge >= 0.3 is 0 Å². The van der Waals surface area contributed by atoms with Crippen LogP contribution in [0.25, 0.3) is 0 Å². The van der Waals surface area contributed by atoms with E-state index >= 15 is 0 Å². The second-order valence-electron chi connectivity index (χ2n) is 6.51. The van der Waals surface area contributed by atoms with Crippen molar-refractivity contribution in [2.24, 2.45) is 5.92 Å². The molecule has 1 aliphatic heterocycles. The molecule has 3 heterocycles. The minimum Gasteiger partial charge on any atom is -0.381 e. The third kappa shape index (κ3) is 3.67. The fourth-order valence-electron chi connectivity index (χ4n) is 2.85. The Hall–Kier alpha value is -1.73. The van der Waals surface area contributed by atoms with Gasteiger partial charge in [0.15, 0.2) is 5.82 Å². The minimum atomic E-state index is -0.277. The van der Waals surface area contributed by atoms with Gasteiger partial charge in [0.25, 0.3) is 5.91 Å². The Morgan fingerprint density at radius 2 is 2.08 bits per heavy atom. The Morgan fingerprint density at radius 3 is 2.67 bits per heavy atom. The smallest absolute Gasteiger partial charge is 0.253 e. The largest absolute Gasteiger partial charge is 0.381 e. The van der Waals surface area contributed by atoms with Gasteiger partial charge in [0.05, 0.1) is 5.56 Å². The Labute approximate surface area is 145 Å². The number of rotatable bonds is 5. The summed E-state index contributed by atoms with van der Waals surface area (Å²) < 4.78 is 10.9. The number of ether oxygens (including phenoxy) is 1. The van der Waals surface area contributed by atoms with Crippen LogP contribution in [0.2, 0.25) is 0 Å². The van der Waals surface area contributed by atoms with E-state index in [9.17, 15) is 4.79 Å². The molecule has 0 saturated carbocycles. The van der Waals surface area contributed by atoms with E-state index in [0.29, 0.717) is 30.5 Å². The van der Waals surface area contributed by atoms with Crippen molar-refractivity contribution in [3.05, 3.63) is 33.6 Å². The monoisotopic (exact) mass is 349 g/mol. The molecule has 0 bridgehead atoms. The summed E-state index contributed by atoms with van der Waals surface area (Å²) in [5, 5.41) is 11.0. The molecule has 2 aromatic heterocycles. The number of thiophene rings is 1. The van der Waals surface area contributed by atoms with Gasteiger partial charge in [-0.1, -0.05) is 19.0 Å². The number of amides is 1. The van der Waals surface area contributed by atoms with Gasteiger partial charge in [-0.3, -0.25) is 4.79 Å². The van der Waals surface area contributed by atoms with Gasteiger partial charge in [0, 0.05) is 24.5 Å². The normalized spacial score (nSPS) is 17.2. The zero-order chi connectivity index (χ0) is 17.1. The molecule has 3 rings (SSSR count). The third-order valence-electron chi connectivity index (χ3n) is 4.36. The second kappa shape index (κ2) is 7.44. The van der Waals surface area contributed by atoms with Crippen molar-refractivity contribution in [3.8, 4) is 0 Å². The highest BCUT2D eigenvalue weighted by atomic mass is 32.1. The fourth-order valence-corrected chi connectivity index (χ4v) is 3.68. The first-order chi connectivity index (χ1) is 11.6. The van der Waals surface area contributed by atoms with Gasteiger partial charge < -0.3 is 14.6 Å². The van der Waals surface area contributed by atoms with Crippen LogP contribution in [-0.2, 0) is 4.74 Å². The van der Waals surface area contributed by atoms with E-state index in [2.05, 4.69) is 15.5 Å². The van der Waals surface area contributed by atoms with E-state index in [1.54, 1.807) is 0 Å². The summed E-state index contributed by atoms with van der Waals surface area (Å²) in [6.07, 6.45) is 1.74. The van der Waals surface area contributed by atoms with Crippen molar-refractivity contribution < 1.29 is 14.1 Å². The van der Waals surface area contributed by atoms with E-state index in [-0.39, 0.29) is 23.8 Å². The molecule has 1 atom stereocenters. The van der Waals surface area contributed by atoms with Crippen LogP contribution in [0.4, 0.5) is 0 Å². The predicted molar refractivity (Wildman–Crippen MR) is 91.2 cm³/mol. The van der Waals surface area contributed by atoms with Crippen molar-refractivity contribution >= 4 is 17.2 Å². The van der Waals surface area contributed by atoms with Gasteiger partial charge in [-0.15, -0.1) is 0 Å². The molecule has 0 aromatic carbocycles. The lowest BCUT2D eigenvalue weighted by Crippen LogP contribution is -2.36. The van der Waals surface area contributed by atoms with E-state index in [0.717, 1.165) is 18.4 Å². The third-order valence-corrected chi connectivity index (χ3v) is 5.23. The molecule has 1 fully saturated rings. The summed E-state index contributed by atoms with van der Waals surface area (Å²) in [7, 11) is 0. The highest BCUT2D eigenvalue weighted by molar-refractivity contribution is 7.08. The number of aromatic nitrogens is 2. The first kappa shape index (κ1) is 17.1. The Bertz CT molecular complexity index is 689. The lowest BCUT2D eigenvalue weighted by molar-refractivity contribution is 0.0467. The molecule has 0 radical (unpaired) electrons. The van der Waals surface area contributed by atoms with Crippen molar-refractivity contribution in [1.29, 1.82) is 0 Å². The van der Waals surface area contributed by atoms with Gasteiger partial charge in [0.1, 0.15) is 6.04 Å². The SMILES string of the molecule is Cc1cscc1C(=O)NC(c1nc(C(C)C)no1)C1CCOCC1. The average molecular weight is 349 g/mol. The summed E-state index contributed by atoms with van der Waals surface area (Å²) in [5.74, 6) is 1.50. The Balaban J connectivity index is 1.83. The molecular formula is C17H23N3O3S. The quantitative estimate of drug-likeness (QED) is 0.894. The number of hydrogen-bond acceptors (Lipinski definition) is 6. The number of aryl methyl sites for hydroxylation is 1. The Morgan fingerprint density at radius 1 is 1.33 bits per heavy atom. The molecule has 1 aliphatic rings. The van der Waals surface area contributed by atoms with E-state index < -0.39 is 0 Å². The second-order valence-corrected chi connectivity index (χ2v) is 7.26. The molecule has 1 amide bonds. The molecule has 1 N–H and O–H groups in total. The molecule has 24 heavy (non-hydrogen) atoms. The van der Waals surface area contributed by atoms with Crippen molar-refractivity contribution in [2.75, 3.05) is 13.2 Å². The number of hydrogen-bond donors (Lipinski definition) is 1. The minimum absolute atomic E-state index is 0.0884. The number of nitrogens with one attached hydrogen (secondary N) is 1. The van der Waals surface area contributed by atoms with Crippen LogP contribution >= 0.6 is 11.3 Å². The molecular weight excluding hydrogens is 326 g/mol. The van der Waals surface area contributed by atoms with Crippen LogP contribution in [0.1, 0.15) is 66.3 Å². The Kier molecular flexibility index (Phi) is 5.30. The zero-order valence-electron chi connectivity index (χ0n) is 14.2. The van der Waals surface area contributed by atoms with Crippen molar-refractivity contribution in [2.45, 2.75) is 45.6 Å². The topological polar surface area (TPSA) is 77.3 Å². The molecule has 0 aliphatic carbocycles. The lowest BCUT2D eigenvalue weighted by Gasteiger charge is -2.28. The maximum atomic E-state index is 12.7. The van der Waals surface area contributed by atoms with Gasteiger partial charge in [-0.05, 0) is 36.6 Å². The van der Waals surface area contributed by atoms with E-state index in [1.807, 2.05) is 31.5 Å². The van der Waals surface area contributed by atoms with Crippen LogP contribution in [-0.4, -0.2) is 29.3 Å². The summed E-state index contributed by atoms with van der Waals surface area (Å²) in [5.41, 5.74) is 1.69. The number of nitrogens with zero attached hydrogens (tertiary/aromatic N) is 2. The van der Waals surface area contributed by atoms with Crippen LogP contribution in [0.3, 0.4) is 0 Å². The van der Waals surface area contributed by atoms with Gasteiger partial charge in [-0.2, -0.15) is 16.3 Å². The zero-order valence-corrected chi connectivity index (χ0v) is 15.1. The maximum absolute atomic E-state index is 12.7. The maximum Gasteiger partial charge on any atom is 0.253 e. The molecule has 6 nitrogen and oxygen atoms in total. The molecule has 1 saturated heterocycles. The lowest BCUT2D eigenvalue weighted by atomic mass is 9.91. The highest BCUT2D eigenvalue weighted by Crippen LogP contribution is 2.30. The van der Waals surface area contributed by atoms with Crippen LogP contribution < -0.4 is 5.32 Å². The molecule has 1 unspecified atom stereocenters. The summed E-state index contributed by atoms with van der Waals surface area (Å²) in [6, 6.07) is -0.277. The van der Waals surface area contributed by atoms with Crippen molar-refractivity contribution in [1.82, 2.24) is 15.5 Å². The highest BCUT2D eigenvalue weighted by Gasteiger charge is 2.32. The summed E-state index contributed by atoms with van der Waals surface area (Å²) in [6.45, 7) is 7.37. The molecule has 130 valence electrons. The van der Waals surface area contributed by atoms with Crippen LogP contribution in [0, 0.1) is 12.8 Å². The van der Waals surface area contributed by atoms with E-state index in [1.165, 1.54) is 11.3 Å². The van der Waals surface area contributed by atoms with Crippen LogP contribution in [0.5, 0.6) is 0 Å². The standard InChI is InChI=1S/C17H23N3O3S/c1-10(2)15-19-17(23-20-15)14(12-4-6-22-7-5-12)18-16(21)13-9-24-8-11(13)3/h8-10,12,14H,4-7H2,1-3H3,(H,18,21). The first-order valence-electron chi connectivity index (χ1n) is 8.31. The number of carbonyl (C=O) groups is 1. The van der Waals surface area contributed by atoms with Gasteiger partial charge in [0.2, 0.25) is 5.89 Å². The molecule has 2 aromatic rings. The predicted octanol–water partition coefficient (Wildman–Crippen LogP) is 3.46. The molecule has 0 spiro atoms. The fraction of sp³-hybridized carbons (Fsp3) is 0.588. The van der Waals surface area contributed by atoms with E-state index in [4.69, 9.17) is 9.26 Å². The van der Waals surface area contributed by atoms with Gasteiger partial charge in [-0.25, -0.2) is 0 Å². The number of carbonyl (C=O) groups excluding carboxylic acids is 1.